The van der Waals surface area contributed by atoms with Gasteiger partial charge in [0, 0.05) is 40.7 Å². The molecular formula is C32H28MnN2O2. The molecule has 185 valence electrons. The molecule has 1 unspecified atom stereocenters. The van der Waals surface area contributed by atoms with Crippen LogP contribution in [0.2, 0.25) is 0 Å². The van der Waals surface area contributed by atoms with Crippen LogP contribution in [0.5, 0.6) is 0 Å². The first-order valence-electron chi connectivity index (χ1n) is 12.1. The van der Waals surface area contributed by atoms with Gasteiger partial charge in [0.15, 0.2) is 0 Å². The Hall–Kier alpha value is -3.92. The summed E-state index contributed by atoms with van der Waals surface area (Å²) in [6, 6.07) is 37.8. The first kappa shape index (κ1) is 26.2. The van der Waals surface area contributed by atoms with Gasteiger partial charge in [0.1, 0.15) is 0 Å². The number of pyridine rings is 1. The fourth-order valence-electron chi connectivity index (χ4n) is 4.56. The van der Waals surface area contributed by atoms with E-state index in [1.807, 2.05) is 30.5 Å². The summed E-state index contributed by atoms with van der Waals surface area (Å²) >= 11 is -1.44. The van der Waals surface area contributed by atoms with Gasteiger partial charge in [-0.3, -0.25) is 9.98 Å². The van der Waals surface area contributed by atoms with Crippen LogP contribution in [-0.2, 0) is 22.5 Å². The van der Waals surface area contributed by atoms with Crippen molar-refractivity contribution >= 4 is 16.5 Å². The first-order chi connectivity index (χ1) is 18.1. The molecule has 0 saturated carbocycles. The second kappa shape index (κ2) is 12.9. The number of nitrogens with zero attached hydrogens (tertiary/aromatic N) is 2. The Bertz CT molecular complexity index is 1540. The molecule has 6 rings (SSSR count). The zero-order valence-electron chi connectivity index (χ0n) is 20.8. The molecule has 4 nitrogen and oxygen atoms in total. The van der Waals surface area contributed by atoms with Gasteiger partial charge >= 0.3 is 22.5 Å². The quantitative estimate of drug-likeness (QED) is 0.222. The Morgan fingerprint density at radius 3 is 1.92 bits per heavy atom. The molecule has 0 radical (unpaired) electrons. The van der Waals surface area contributed by atoms with Crippen LogP contribution in [0.15, 0.2) is 120 Å². The standard InChI is InChI=1S/C16H15N.C16H13N.Mn.2O/c2*1-12-11-17-16(13-7-3-2-4-8-13)15-10-6-5-9-14(12)15;;;/h2-10,12H,11H2,1H3;2-11H,1H3;;;. The second-order valence-corrected chi connectivity index (χ2v) is 9.00. The molecule has 1 aromatic heterocycles. The first-order valence-corrected chi connectivity index (χ1v) is 13.1. The topological polar surface area (TPSA) is 59.4 Å². The minimum atomic E-state index is -1.44. The summed E-state index contributed by atoms with van der Waals surface area (Å²) in [6.07, 6.45) is 1.95. The Kier molecular flexibility index (Phi) is 9.09. The van der Waals surface area contributed by atoms with Crippen LogP contribution in [-0.4, -0.2) is 17.2 Å². The molecule has 0 spiro atoms. The summed E-state index contributed by atoms with van der Waals surface area (Å²) in [5.74, 6) is 0.527. The van der Waals surface area contributed by atoms with Crippen molar-refractivity contribution < 1.29 is 22.5 Å². The summed E-state index contributed by atoms with van der Waals surface area (Å²) < 4.78 is 16.8. The number of fused-ring (bicyclic) bond motifs is 2. The van der Waals surface area contributed by atoms with Gasteiger partial charge in [0.25, 0.3) is 0 Å². The van der Waals surface area contributed by atoms with Crippen molar-refractivity contribution in [2.24, 2.45) is 4.99 Å². The molecule has 5 aromatic rings. The number of aryl methyl sites for hydroxylation is 1. The van der Waals surface area contributed by atoms with E-state index in [-0.39, 0.29) is 0 Å². The van der Waals surface area contributed by atoms with Gasteiger partial charge in [-0.1, -0.05) is 116 Å². The third kappa shape index (κ3) is 6.26. The van der Waals surface area contributed by atoms with Crippen LogP contribution in [0.25, 0.3) is 22.0 Å². The normalized spacial score (nSPS) is 13.7. The number of aromatic nitrogens is 1. The molecular weight excluding hydrogens is 499 g/mol. The van der Waals surface area contributed by atoms with Gasteiger partial charge in [-0.05, 0) is 23.4 Å². The van der Waals surface area contributed by atoms with E-state index in [1.165, 1.54) is 38.6 Å². The van der Waals surface area contributed by atoms with Crippen LogP contribution in [0, 0.1) is 6.92 Å². The fourth-order valence-corrected chi connectivity index (χ4v) is 4.56. The molecule has 0 aliphatic carbocycles. The average molecular weight is 528 g/mol. The van der Waals surface area contributed by atoms with Crippen molar-refractivity contribution in [3.05, 3.63) is 138 Å². The van der Waals surface area contributed by atoms with Crippen LogP contribution < -0.4 is 0 Å². The Labute approximate surface area is 223 Å². The van der Waals surface area contributed by atoms with E-state index in [0.717, 1.165) is 18.0 Å². The third-order valence-corrected chi connectivity index (χ3v) is 6.36. The van der Waals surface area contributed by atoms with E-state index in [0.29, 0.717) is 5.92 Å². The van der Waals surface area contributed by atoms with Crippen molar-refractivity contribution in [2.75, 3.05) is 6.54 Å². The Morgan fingerprint density at radius 2 is 1.24 bits per heavy atom. The van der Waals surface area contributed by atoms with Gasteiger partial charge in [-0.2, -0.15) is 0 Å². The van der Waals surface area contributed by atoms with Crippen molar-refractivity contribution in [2.45, 2.75) is 19.8 Å². The van der Waals surface area contributed by atoms with Crippen molar-refractivity contribution in [3.63, 3.8) is 0 Å². The molecule has 2 heterocycles. The van der Waals surface area contributed by atoms with E-state index in [2.05, 4.69) is 104 Å². The minimum absolute atomic E-state index is 0.527. The summed E-state index contributed by atoms with van der Waals surface area (Å²) in [4.78, 5) is 9.32. The molecule has 4 aromatic carbocycles. The third-order valence-electron chi connectivity index (χ3n) is 6.36. The molecule has 1 aliphatic rings. The van der Waals surface area contributed by atoms with Crippen molar-refractivity contribution in [1.29, 1.82) is 0 Å². The SMILES string of the molecule is CC1CN=C(c2ccccc2)c2ccccc21.Cc1cnc(-c2ccccc2)c2ccccc12.[O]=[Mn]=[O]. The molecule has 0 saturated heterocycles. The maximum absolute atomic E-state index is 8.41. The van der Waals surface area contributed by atoms with Crippen LogP contribution >= 0.6 is 0 Å². The Balaban J connectivity index is 0.000000157. The van der Waals surface area contributed by atoms with Crippen LogP contribution in [0.3, 0.4) is 0 Å². The van der Waals surface area contributed by atoms with Crippen molar-refractivity contribution in [1.82, 2.24) is 4.98 Å². The van der Waals surface area contributed by atoms with E-state index >= 15 is 0 Å². The molecule has 0 N–H and O–H groups in total. The number of aliphatic imine (C=N–C) groups is 1. The van der Waals surface area contributed by atoms with Gasteiger partial charge in [-0.25, -0.2) is 0 Å². The predicted octanol–water partition coefficient (Wildman–Crippen LogP) is 7.61. The molecule has 1 aliphatic heterocycles. The van der Waals surface area contributed by atoms with Crippen molar-refractivity contribution in [3.8, 4) is 11.3 Å². The van der Waals surface area contributed by atoms with E-state index in [4.69, 9.17) is 12.7 Å². The molecule has 37 heavy (non-hydrogen) atoms. The zero-order valence-corrected chi connectivity index (χ0v) is 22.0. The van der Waals surface area contributed by atoms with E-state index in [1.54, 1.807) is 0 Å². The molecule has 5 heteroatoms. The van der Waals surface area contributed by atoms with Crippen LogP contribution in [0.4, 0.5) is 0 Å². The fraction of sp³-hybridized carbons (Fsp3) is 0.125. The average Bonchev–Trinajstić information content (AvgIpc) is 2.96. The Morgan fingerprint density at radius 1 is 0.703 bits per heavy atom. The maximum atomic E-state index is 8.41. The van der Waals surface area contributed by atoms with Gasteiger partial charge in [0.2, 0.25) is 0 Å². The van der Waals surface area contributed by atoms with Gasteiger partial charge in [-0.15, -0.1) is 0 Å². The van der Waals surface area contributed by atoms with E-state index in [9.17, 15) is 0 Å². The second-order valence-electron chi connectivity index (χ2n) is 8.81. The monoisotopic (exact) mass is 527 g/mol. The van der Waals surface area contributed by atoms with Gasteiger partial charge in [0.05, 0.1) is 11.4 Å². The number of benzene rings is 4. The molecule has 1 atom stereocenters. The molecule has 0 bridgehead atoms. The summed E-state index contributed by atoms with van der Waals surface area (Å²) in [5, 5.41) is 2.50. The predicted molar refractivity (Wildman–Crippen MR) is 145 cm³/mol. The number of hydrogen-bond donors (Lipinski definition) is 0. The summed E-state index contributed by atoms with van der Waals surface area (Å²) in [5.41, 5.74) is 8.51. The van der Waals surface area contributed by atoms with Gasteiger partial charge < -0.3 is 0 Å². The molecule has 0 amide bonds. The summed E-state index contributed by atoms with van der Waals surface area (Å²) in [6.45, 7) is 5.23. The van der Waals surface area contributed by atoms with Crippen LogP contribution in [0.1, 0.15) is 35.1 Å². The zero-order chi connectivity index (χ0) is 26.0. The van der Waals surface area contributed by atoms with E-state index < -0.39 is 14.8 Å². The summed E-state index contributed by atoms with van der Waals surface area (Å²) in [7, 11) is 0. The number of rotatable bonds is 2. The molecule has 0 fully saturated rings. The number of hydrogen-bond acceptors (Lipinski definition) is 4.